The van der Waals surface area contributed by atoms with Crippen LogP contribution in [0.5, 0.6) is 0 Å². The van der Waals surface area contributed by atoms with Crippen molar-refractivity contribution in [2.45, 2.75) is 48.0 Å². The molecular formula is C27H31F2N3O2Ti. The largest absolute Gasteiger partial charge is 2.00 e. The van der Waals surface area contributed by atoms with Crippen LogP contribution in [0.25, 0.3) is 0 Å². The molecule has 0 saturated heterocycles. The van der Waals surface area contributed by atoms with Gasteiger partial charge in [-0.25, -0.2) is 0 Å². The van der Waals surface area contributed by atoms with Gasteiger partial charge in [-0.2, -0.15) is 0 Å². The Hall–Kier alpha value is -3.03. The second-order valence-electron chi connectivity index (χ2n) is 8.32. The summed E-state index contributed by atoms with van der Waals surface area (Å²) in [6, 6.07) is 11.7. The van der Waals surface area contributed by atoms with Crippen molar-refractivity contribution in [1.29, 1.82) is 0 Å². The number of halogens is 2. The Bertz CT molecular complexity index is 1150. The molecule has 2 aromatic carbocycles. The molecule has 0 spiro atoms. The molecule has 0 bridgehead atoms. The van der Waals surface area contributed by atoms with Crippen molar-refractivity contribution < 1.29 is 40.7 Å². The number of carbonyl (C=O) groups excluding carboxylic acids is 2. The quantitative estimate of drug-likeness (QED) is 0.463. The van der Waals surface area contributed by atoms with Crippen molar-refractivity contribution in [3.05, 3.63) is 105 Å². The number of benzene rings is 2. The van der Waals surface area contributed by atoms with Gasteiger partial charge in [0.1, 0.15) is 0 Å². The second-order valence-corrected chi connectivity index (χ2v) is 8.32. The molecule has 1 aliphatic heterocycles. The van der Waals surface area contributed by atoms with Crippen molar-refractivity contribution in [3.63, 3.8) is 0 Å². The number of hydrogen-bond acceptors (Lipinski definition) is 3. The fourth-order valence-electron chi connectivity index (χ4n) is 3.97. The molecule has 35 heavy (non-hydrogen) atoms. The standard InChI is InChI=1S/C27H31N3O2.2FH.Ti/c1-16-10-7-11-17(2)24(16)26(31)28-20(5)22-14-9-15-23(30-22)21(6)29-27(32)25-18(3)12-8-13-19(25)4;;;/h7-14,30H,15H2,1-6H3,(H,28,31)(H,29,32);2*1H;/q;;;+2/p-2. The van der Waals surface area contributed by atoms with Gasteiger partial charge in [-0.15, -0.1) is 0 Å². The van der Waals surface area contributed by atoms with Crippen LogP contribution in [0.1, 0.15) is 63.2 Å². The summed E-state index contributed by atoms with van der Waals surface area (Å²) in [5.74, 6) is -0.246. The topological polar surface area (TPSA) is 70.2 Å². The molecule has 2 aromatic rings. The van der Waals surface area contributed by atoms with E-state index in [1.54, 1.807) is 0 Å². The molecular weight excluding hydrogens is 484 g/mol. The minimum absolute atomic E-state index is 0. The van der Waals surface area contributed by atoms with E-state index in [0.29, 0.717) is 17.5 Å². The summed E-state index contributed by atoms with van der Waals surface area (Å²) in [4.78, 5) is 25.7. The van der Waals surface area contributed by atoms with E-state index >= 15 is 0 Å². The molecule has 3 N–H and O–H groups in total. The van der Waals surface area contributed by atoms with E-state index in [-0.39, 0.29) is 42.9 Å². The van der Waals surface area contributed by atoms with Crippen LogP contribution in [-0.2, 0) is 21.7 Å². The summed E-state index contributed by atoms with van der Waals surface area (Å²) in [5, 5.41) is 9.40. The molecule has 0 aliphatic carbocycles. The van der Waals surface area contributed by atoms with E-state index in [9.17, 15) is 9.59 Å². The molecule has 5 nitrogen and oxygen atoms in total. The Morgan fingerprint density at radius 3 is 1.57 bits per heavy atom. The fraction of sp³-hybridized carbons (Fsp3) is 0.259. The third kappa shape index (κ3) is 7.48. The van der Waals surface area contributed by atoms with E-state index in [2.05, 4.69) is 16.0 Å². The molecule has 0 unspecified atom stereocenters. The molecule has 0 aromatic heterocycles. The first kappa shape index (κ1) is 32.0. The first-order chi connectivity index (χ1) is 15.2. The van der Waals surface area contributed by atoms with Crippen LogP contribution in [0.2, 0.25) is 0 Å². The number of amides is 2. The van der Waals surface area contributed by atoms with Gasteiger partial charge in [0, 0.05) is 34.6 Å². The average molecular weight is 515 g/mol. The summed E-state index contributed by atoms with van der Waals surface area (Å²) in [7, 11) is 0. The Morgan fingerprint density at radius 1 is 0.743 bits per heavy atom. The van der Waals surface area contributed by atoms with Gasteiger partial charge in [0.15, 0.2) is 0 Å². The van der Waals surface area contributed by atoms with Crippen molar-refractivity contribution in [3.8, 4) is 0 Å². The molecule has 0 fully saturated rings. The Kier molecular flexibility index (Phi) is 12.6. The van der Waals surface area contributed by atoms with Crippen LogP contribution in [0, 0.1) is 27.7 Å². The molecule has 3 rings (SSSR count). The first-order valence-electron chi connectivity index (χ1n) is 10.8. The molecule has 0 radical (unpaired) electrons. The number of allylic oxidation sites excluding steroid dienone is 4. The molecule has 1 heterocycles. The SMILES string of the molecule is CC(NC(=O)c1c(C)cccc1C)=C1C=CCC(=C(C)NC(=O)c2c(C)cccc2C)N1.[F-].[F-].[Ti+2]. The van der Waals surface area contributed by atoms with Crippen LogP contribution in [0.3, 0.4) is 0 Å². The van der Waals surface area contributed by atoms with Crippen molar-refractivity contribution in [2.24, 2.45) is 0 Å². The van der Waals surface area contributed by atoms with Crippen LogP contribution in [0.15, 0.2) is 71.3 Å². The van der Waals surface area contributed by atoms with Gasteiger partial charge in [-0.1, -0.05) is 42.5 Å². The molecule has 0 atom stereocenters. The second kappa shape index (κ2) is 13.8. The van der Waals surface area contributed by atoms with Gasteiger partial charge >= 0.3 is 21.7 Å². The Labute approximate surface area is 220 Å². The third-order valence-corrected chi connectivity index (χ3v) is 5.77. The first-order valence-corrected chi connectivity index (χ1v) is 10.8. The zero-order valence-electron chi connectivity index (χ0n) is 20.9. The van der Waals surface area contributed by atoms with Gasteiger partial charge < -0.3 is 25.4 Å². The third-order valence-electron chi connectivity index (χ3n) is 5.77. The monoisotopic (exact) mass is 515 g/mol. The van der Waals surface area contributed by atoms with Crippen molar-refractivity contribution in [2.75, 3.05) is 0 Å². The predicted molar refractivity (Wildman–Crippen MR) is 129 cm³/mol. The average Bonchev–Trinajstić information content (AvgIpc) is 2.73. The zero-order chi connectivity index (χ0) is 23.4. The molecule has 184 valence electrons. The molecule has 0 saturated carbocycles. The summed E-state index contributed by atoms with van der Waals surface area (Å²) in [6.07, 6.45) is 4.63. The van der Waals surface area contributed by atoms with Crippen LogP contribution in [0.4, 0.5) is 0 Å². The predicted octanol–water partition coefficient (Wildman–Crippen LogP) is -0.902. The molecule has 8 heteroatoms. The maximum absolute atomic E-state index is 12.9. The van der Waals surface area contributed by atoms with Gasteiger partial charge in [0.05, 0.1) is 5.70 Å². The summed E-state index contributed by atoms with van der Waals surface area (Å²) in [5.41, 5.74) is 8.34. The smallest absolute Gasteiger partial charge is 1.00 e. The fourth-order valence-corrected chi connectivity index (χ4v) is 3.97. The van der Waals surface area contributed by atoms with Gasteiger partial charge in [0.2, 0.25) is 0 Å². The van der Waals surface area contributed by atoms with Crippen molar-refractivity contribution >= 4 is 11.8 Å². The number of carbonyl (C=O) groups is 2. The summed E-state index contributed by atoms with van der Waals surface area (Å²) in [6.45, 7) is 11.5. The maximum Gasteiger partial charge on any atom is 2.00 e. The van der Waals surface area contributed by atoms with E-state index in [0.717, 1.165) is 45.0 Å². The number of rotatable bonds is 4. The number of hydrogen-bond donors (Lipinski definition) is 3. The minimum Gasteiger partial charge on any atom is -1.00 e. The summed E-state index contributed by atoms with van der Waals surface area (Å²) >= 11 is 0. The van der Waals surface area contributed by atoms with Gasteiger partial charge in [-0.3, -0.25) is 9.59 Å². The van der Waals surface area contributed by atoms with E-state index in [4.69, 9.17) is 0 Å². The number of nitrogens with one attached hydrogen (secondary N) is 3. The summed E-state index contributed by atoms with van der Waals surface area (Å²) < 4.78 is 0. The Morgan fingerprint density at radius 2 is 1.14 bits per heavy atom. The molecule has 1 aliphatic rings. The Balaban J connectivity index is 0.00000385. The van der Waals surface area contributed by atoms with E-state index in [1.807, 2.05) is 90.1 Å². The van der Waals surface area contributed by atoms with E-state index in [1.165, 1.54) is 0 Å². The molecule has 2 amide bonds. The minimum atomic E-state index is -0.128. The number of aryl methyl sites for hydroxylation is 4. The van der Waals surface area contributed by atoms with E-state index < -0.39 is 0 Å². The van der Waals surface area contributed by atoms with Crippen LogP contribution in [-0.4, -0.2) is 11.8 Å². The van der Waals surface area contributed by atoms with Crippen LogP contribution < -0.4 is 25.4 Å². The normalized spacial score (nSPS) is 14.8. The van der Waals surface area contributed by atoms with Crippen molar-refractivity contribution in [1.82, 2.24) is 16.0 Å². The van der Waals surface area contributed by atoms with Gasteiger partial charge in [0.25, 0.3) is 11.8 Å². The van der Waals surface area contributed by atoms with Gasteiger partial charge in [-0.05, 0) is 69.9 Å². The van der Waals surface area contributed by atoms with Crippen LogP contribution >= 0.6 is 0 Å². The maximum atomic E-state index is 12.9. The zero-order valence-corrected chi connectivity index (χ0v) is 22.5.